The zero-order valence-electron chi connectivity index (χ0n) is 52.5. The van der Waals surface area contributed by atoms with Crippen LogP contribution < -0.4 is 29.1 Å². The molecule has 4 heterocycles. The van der Waals surface area contributed by atoms with E-state index in [1.807, 2.05) is 62.3 Å². The Labute approximate surface area is 531 Å². The molecule has 28 heteroatoms. The SMILES string of the molecule is CCCCNS(=O)(=O)c1ccc2nc(N(c3cc(C)c(N=Nc4c(C#N)c(C(C)(C)C)nn4-c4nc5ccc(S(=O)(=O)NCCCC)cc5s4)c(Nc4c(C)ccc(S(=O)(=O)NCCCC)c4C)n3)c3c(C)cc(C)c(S(=O)(=O)NCCCC)c3C)sc2c1. The van der Waals surface area contributed by atoms with Crippen LogP contribution in [0.5, 0.6) is 0 Å². The molecule has 0 atom stereocenters. The van der Waals surface area contributed by atoms with Crippen LogP contribution in [0.3, 0.4) is 0 Å². The van der Waals surface area contributed by atoms with Gasteiger partial charge in [-0.05, 0) is 149 Å². The van der Waals surface area contributed by atoms with Gasteiger partial charge >= 0.3 is 0 Å². The summed E-state index contributed by atoms with van der Waals surface area (Å²) >= 11 is 2.32. The van der Waals surface area contributed by atoms with Gasteiger partial charge < -0.3 is 5.32 Å². The molecular formula is C61H78N14O8S6. The Hall–Kier alpha value is -6.65. The van der Waals surface area contributed by atoms with Crippen LogP contribution >= 0.6 is 22.7 Å². The van der Waals surface area contributed by atoms with E-state index in [9.17, 15) is 38.9 Å². The molecule has 0 spiro atoms. The molecule has 4 aromatic carbocycles. The first-order valence-electron chi connectivity index (χ1n) is 29.6. The van der Waals surface area contributed by atoms with Crippen molar-refractivity contribution in [1.29, 1.82) is 5.26 Å². The number of fused-ring (bicyclic) bond motifs is 2. The molecule has 0 unspecified atom stereocenters. The lowest BCUT2D eigenvalue weighted by atomic mass is 9.90. The maximum atomic E-state index is 14.5. The van der Waals surface area contributed by atoms with Crippen molar-refractivity contribution < 1.29 is 33.7 Å². The van der Waals surface area contributed by atoms with Crippen molar-refractivity contribution in [2.45, 2.75) is 166 Å². The van der Waals surface area contributed by atoms with E-state index in [0.29, 0.717) is 102 Å². The third-order valence-corrected chi connectivity index (χ3v) is 23.1. The number of pyridine rings is 1. The van der Waals surface area contributed by atoms with Crippen LogP contribution in [0, 0.1) is 52.9 Å². The summed E-state index contributed by atoms with van der Waals surface area (Å²) in [5, 5.41) is 29.7. The zero-order chi connectivity index (χ0) is 65.0. The molecule has 0 aliphatic rings. The first-order valence-corrected chi connectivity index (χ1v) is 37.1. The molecule has 0 saturated heterocycles. The predicted octanol–water partition coefficient (Wildman–Crippen LogP) is 13.4. The number of benzene rings is 4. The molecule has 0 amide bonds. The van der Waals surface area contributed by atoms with E-state index in [-0.39, 0.29) is 79.6 Å². The number of anilines is 5. The first kappa shape index (κ1) is 68.3. The molecular weight excluding hydrogens is 1250 g/mol. The second-order valence-corrected chi connectivity index (χ2v) is 31.9. The molecule has 8 aromatic rings. The fraction of sp³-hybridized carbons (Fsp3) is 0.426. The Bertz CT molecular complexity index is 4530. The predicted molar refractivity (Wildman–Crippen MR) is 355 cm³/mol. The van der Waals surface area contributed by atoms with Gasteiger partial charge in [0.05, 0.1) is 51.4 Å². The van der Waals surface area contributed by atoms with Crippen LogP contribution in [0.1, 0.15) is 144 Å². The third-order valence-electron chi connectivity index (χ3n) is 14.8. The van der Waals surface area contributed by atoms with E-state index in [2.05, 4.69) is 30.3 Å². The summed E-state index contributed by atoms with van der Waals surface area (Å²) in [6.07, 6.45) is 5.67. The fourth-order valence-electron chi connectivity index (χ4n) is 10.1. The number of hydrogen-bond acceptors (Lipinski definition) is 19. The summed E-state index contributed by atoms with van der Waals surface area (Å²) in [6, 6.07) is 18.3. The van der Waals surface area contributed by atoms with Crippen molar-refractivity contribution in [1.82, 2.24) is 43.6 Å². The van der Waals surface area contributed by atoms with Crippen LogP contribution in [-0.4, -0.2) is 84.6 Å². The van der Waals surface area contributed by atoms with Gasteiger partial charge in [-0.2, -0.15) is 15.0 Å². The average molecular weight is 1330 g/mol. The number of hydrogen-bond donors (Lipinski definition) is 5. The molecule has 476 valence electrons. The van der Waals surface area contributed by atoms with E-state index in [0.717, 1.165) is 37.0 Å². The topological polar surface area (TPSA) is 305 Å². The first-order chi connectivity index (χ1) is 42.0. The third kappa shape index (κ3) is 14.9. The maximum Gasteiger partial charge on any atom is 0.241 e. The summed E-state index contributed by atoms with van der Waals surface area (Å²) < 4.78 is 124. The molecule has 0 saturated carbocycles. The number of aromatic nitrogens is 5. The Balaban J connectivity index is 1.40. The number of unbranched alkanes of at least 4 members (excludes halogenated alkanes) is 4. The maximum absolute atomic E-state index is 14.5. The van der Waals surface area contributed by atoms with Crippen molar-refractivity contribution in [3.8, 4) is 11.2 Å². The monoisotopic (exact) mass is 1330 g/mol. The molecule has 5 N–H and O–H groups in total. The number of nitrogens with one attached hydrogen (secondary N) is 5. The average Bonchev–Trinajstić information content (AvgIpc) is 1.80. The normalized spacial score (nSPS) is 12.7. The van der Waals surface area contributed by atoms with Crippen LogP contribution in [0.15, 0.2) is 90.5 Å². The summed E-state index contributed by atoms with van der Waals surface area (Å²) in [5.74, 6) is 0.257. The highest BCUT2D eigenvalue weighted by Gasteiger charge is 2.33. The van der Waals surface area contributed by atoms with Crippen LogP contribution in [0.2, 0.25) is 0 Å². The second kappa shape index (κ2) is 27.8. The summed E-state index contributed by atoms with van der Waals surface area (Å²) in [6.45, 7) is 25.1. The van der Waals surface area contributed by atoms with E-state index in [1.54, 1.807) is 81.1 Å². The second-order valence-electron chi connectivity index (χ2n) is 22.9. The quantitative estimate of drug-likeness (QED) is 0.0225. The van der Waals surface area contributed by atoms with Crippen molar-refractivity contribution in [3.63, 3.8) is 0 Å². The highest BCUT2D eigenvalue weighted by molar-refractivity contribution is 7.90. The van der Waals surface area contributed by atoms with E-state index >= 15 is 0 Å². The Morgan fingerprint density at radius 1 is 0.596 bits per heavy atom. The number of nitriles is 1. The van der Waals surface area contributed by atoms with Crippen molar-refractivity contribution >= 4 is 123 Å². The Kier molecular flexibility index (Phi) is 21.4. The molecule has 0 fully saturated rings. The zero-order valence-corrected chi connectivity index (χ0v) is 57.4. The smallest absolute Gasteiger partial charge is 0.241 e. The number of sulfonamides is 4. The molecule has 0 radical (unpaired) electrons. The lowest BCUT2D eigenvalue weighted by molar-refractivity contribution is 0.559. The van der Waals surface area contributed by atoms with Gasteiger partial charge in [0.15, 0.2) is 16.8 Å². The number of rotatable bonds is 28. The van der Waals surface area contributed by atoms with Gasteiger partial charge in [-0.3, -0.25) is 4.90 Å². The number of thiazole rings is 2. The van der Waals surface area contributed by atoms with Crippen LogP contribution in [0.25, 0.3) is 25.6 Å². The Morgan fingerprint density at radius 3 is 1.69 bits per heavy atom. The molecule has 89 heavy (non-hydrogen) atoms. The number of azo groups is 1. The van der Waals surface area contributed by atoms with Crippen molar-refractivity contribution in [3.05, 3.63) is 105 Å². The van der Waals surface area contributed by atoms with Gasteiger partial charge in [0.1, 0.15) is 23.1 Å². The van der Waals surface area contributed by atoms with Gasteiger partial charge in [-0.1, -0.05) is 109 Å². The number of nitrogens with zero attached hydrogens (tertiary/aromatic N) is 9. The van der Waals surface area contributed by atoms with E-state index in [4.69, 9.17) is 30.3 Å². The van der Waals surface area contributed by atoms with Crippen molar-refractivity contribution in [2.75, 3.05) is 36.4 Å². The fourth-order valence-corrected chi connectivity index (χ4v) is 17.3. The summed E-state index contributed by atoms with van der Waals surface area (Å²) in [5.41, 5.74) is 4.58. The van der Waals surface area contributed by atoms with Crippen LogP contribution in [0.4, 0.5) is 39.6 Å². The molecule has 8 rings (SSSR count). The van der Waals surface area contributed by atoms with Gasteiger partial charge in [-0.15, -0.1) is 10.2 Å². The standard InChI is InChI=1S/C61H78N14O8S6/c1-14-18-28-63-86(76,77)43-23-25-46-48(34-43)84-59(67-46)74(54-39(7)32-40(8)55(42(54)10)89(82,83)66-31-21-17-4)51-33-38(6)53(57(69-51)70-52-37(5)22-27-50(41(52)9)88(80,81)65-30-20-16-3)71-72-58-45(36-62)56(61(11,12)13)73-75(58)60-68-47-26-24-44(35-49(47)85-60)87(78,79)64-29-19-15-2/h22-27,32-35,63-66H,14-21,28-31H2,1-13H3,(H,69,70). The van der Waals surface area contributed by atoms with Gasteiger partial charge in [0.25, 0.3) is 0 Å². The highest BCUT2D eigenvalue weighted by atomic mass is 32.2. The van der Waals surface area contributed by atoms with E-state index in [1.165, 1.54) is 28.2 Å². The summed E-state index contributed by atoms with van der Waals surface area (Å²) in [4.78, 5) is 17.2. The molecule has 0 aliphatic carbocycles. The lowest BCUT2D eigenvalue weighted by Gasteiger charge is -2.28. The minimum absolute atomic E-state index is 0.00355. The van der Waals surface area contributed by atoms with Crippen molar-refractivity contribution in [2.24, 2.45) is 10.2 Å². The van der Waals surface area contributed by atoms with Gasteiger partial charge in [0.2, 0.25) is 45.2 Å². The summed E-state index contributed by atoms with van der Waals surface area (Å²) in [7, 11) is -15.9. The molecule has 0 bridgehead atoms. The van der Waals surface area contributed by atoms with Crippen LogP contribution in [-0.2, 0) is 45.5 Å². The lowest BCUT2D eigenvalue weighted by Crippen LogP contribution is -2.27. The van der Waals surface area contributed by atoms with E-state index < -0.39 is 45.5 Å². The van der Waals surface area contributed by atoms with Gasteiger partial charge in [-0.25, -0.2) is 67.5 Å². The highest BCUT2D eigenvalue weighted by Crippen LogP contribution is 2.47. The minimum Gasteiger partial charge on any atom is -0.338 e. The van der Waals surface area contributed by atoms with Gasteiger partial charge in [0, 0.05) is 37.3 Å². The number of aryl methyl sites for hydroxylation is 4. The largest absolute Gasteiger partial charge is 0.338 e. The molecule has 0 aliphatic heterocycles. The Morgan fingerprint density at radius 2 is 1.13 bits per heavy atom. The molecule has 22 nitrogen and oxygen atoms in total. The minimum atomic E-state index is -4.12. The molecule has 4 aromatic heterocycles.